The van der Waals surface area contributed by atoms with Crippen molar-refractivity contribution in [3.8, 4) is 5.75 Å². The summed E-state index contributed by atoms with van der Waals surface area (Å²) in [6.45, 7) is 3.13. The van der Waals surface area contributed by atoms with E-state index >= 15 is 0 Å². The maximum absolute atomic E-state index is 12.2. The molecule has 1 aliphatic rings. The van der Waals surface area contributed by atoms with Crippen LogP contribution in [0.2, 0.25) is 0 Å². The van der Waals surface area contributed by atoms with Crippen LogP contribution in [0.15, 0.2) is 18.2 Å². The molecule has 0 radical (unpaired) electrons. The number of amides is 2. The summed E-state index contributed by atoms with van der Waals surface area (Å²) in [7, 11) is 1.53. The van der Waals surface area contributed by atoms with E-state index in [1.54, 1.807) is 18.2 Å². The number of halogens is 1. The topological polar surface area (TPSA) is 79.5 Å². The molecular formula is C15H22ClN3O3. The van der Waals surface area contributed by atoms with E-state index in [1.165, 1.54) is 14.0 Å². The smallest absolute Gasteiger partial charge is 0.228 e. The minimum atomic E-state index is -0.168. The van der Waals surface area contributed by atoms with Gasteiger partial charge < -0.3 is 20.7 Å². The molecule has 3 N–H and O–H groups in total. The average Bonchev–Trinajstić information content (AvgIpc) is 2.49. The van der Waals surface area contributed by atoms with Crippen LogP contribution in [0, 0.1) is 5.92 Å². The van der Waals surface area contributed by atoms with Gasteiger partial charge in [0, 0.05) is 25.2 Å². The fraction of sp³-hybridized carbons (Fsp3) is 0.467. The van der Waals surface area contributed by atoms with E-state index in [2.05, 4.69) is 16.0 Å². The molecule has 1 aromatic rings. The van der Waals surface area contributed by atoms with Gasteiger partial charge >= 0.3 is 0 Å². The van der Waals surface area contributed by atoms with Gasteiger partial charge in [0.2, 0.25) is 11.8 Å². The standard InChI is InChI=1S/C15H21N3O3.ClH/c1-10(19)17-13-6-5-12(8-14(13)21-2)18-15(20)11-4-3-7-16-9-11;/h5-6,8,11,16H,3-4,7,9H2,1-2H3,(H,17,19)(H,18,20);1H. The monoisotopic (exact) mass is 327 g/mol. The van der Waals surface area contributed by atoms with Gasteiger partial charge in [-0.25, -0.2) is 0 Å². The van der Waals surface area contributed by atoms with E-state index in [0.29, 0.717) is 23.7 Å². The summed E-state index contributed by atoms with van der Waals surface area (Å²) in [6, 6.07) is 5.18. The van der Waals surface area contributed by atoms with Crippen molar-refractivity contribution in [3.05, 3.63) is 18.2 Å². The number of benzene rings is 1. The summed E-state index contributed by atoms with van der Waals surface area (Å²) in [4.78, 5) is 23.3. The maximum atomic E-state index is 12.2. The van der Waals surface area contributed by atoms with Crippen molar-refractivity contribution < 1.29 is 14.3 Å². The number of ether oxygens (including phenoxy) is 1. The van der Waals surface area contributed by atoms with Crippen molar-refractivity contribution in [1.82, 2.24) is 5.32 Å². The summed E-state index contributed by atoms with van der Waals surface area (Å²) in [5.41, 5.74) is 1.25. The number of hydrogen-bond acceptors (Lipinski definition) is 4. The fourth-order valence-corrected chi connectivity index (χ4v) is 2.38. The van der Waals surface area contributed by atoms with Crippen molar-refractivity contribution in [3.63, 3.8) is 0 Å². The number of carbonyl (C=O) groups is 2. The summed E-state index contributed by atoms with van der Waals surface area (Å²) >= 11 is 0. The zero-order chi connectivity index (χ0) is 15.2. The van der Waals surface area contributed by atoms with Crippen LogP contribution in [0.4, 0.5) is 11.4 Å². The Morgan fingerprint density at radius 3 is 2.68 bits per heavy atom. The number of methoxy groups -OCH3 is 1. The van der Waals surface area contributed by atoms with Crippen molar-refractivity contribution in [1.29, 1.82) is 0 Å². The number of nitrogens with one attached hydrogen (secondary N) is 3. The van der Waals surface area contributed by atoms with Crippen LogP contribution in [-0.2, 0) is 9.59 Å². The molecular weight excluding hydrogens is 306 g/mol. The van der Waals surface area contributed by atoms with Gasteiger partial charge in [0.05, 0.1) is 18.7 Å². The Hall–Kier alpha value is -1.79. The Morgan fingerprint density at radius 2 is 2.09 bits per heavy atom. The third-order valence-corrected chi connectivity index (χ3v) is 3.45. The number of rotatable bonds is 4. The third-order valence-electron chi connectivity index (χ3n) is 3.45. The van der Waals surface area contributed by atoms with E-state index in [9.17, 15) is 9.59 Å². The lowest BCUT2D eigenvalue weighted by atomic mass is 9.99. The van der Waals surface area contributed by atoms with Crippen molar-refractivity contribution in [2.45, 2.75) is 19.8 Å². The van der Waals surface area contributed by atoms with E-state index in [1.807, 2.05) is 0 Å². The van der Waals surface area contributed by atoms with Crippen LogP contribution in [0.25, 0.3) is 0 Å². The predicted octanol–water partition coefficient (Wildman–Crippen LogP) is 2.01. The van der Waals surface area contributed by atoms with Crippen molar-refractivity contribution >= 4 is 35.6 Å². The van der Waals surface area contributed by atoms with Crippen molar-refractivity contribution in [2.75, 3.05) is 30.8 Å². The molecule has 0 saturated carbocycles. The Morgan fingerprint density at radius 1 is 1.32 bits per heavy atom. The number of piperidine rings is 1. The van der Waals surface area contributed by atoms with Gasteiger partial charge in [0.15, 0.2) is 0 Å². The average molecular weight is 328 g/mol. The summed E-state index contributed by atoms with van der Waals surface area (Å²) in [5.74, 6) is 0.361. The molecule has 0 aromatic heterocycles. The Balaban J connectivity index is 0.00000242. The highest BCUT2D eigenvalue weighted by Gasteiger charge is 2.21. The first-order valence-corrected chi connectivity index (χ1v) is 7.07. The number of hydrogen-bond donors (Lipinski definition) is 3. The first kappa shape index (κ1) is 18.3. The molecule has 2 rings (SSSR count). The highest BCUT2D eigenvalue weighted by molar-refractivity contribution is 5.94. The molecule has 1 unspecified atom stereocenters. The van der Waals surface area contributed by atoms with Gasteiger partial charge in [-0.2, -0.15) is 0 Å². The van der Waals surface area contributed by atoms with E-state index in [4.69, 9.17) is 4.74 Å². The Kier molecular flexibility index (Phi) is 7.14. The zero-order valence-electron chi connectivity index (χ0n) is 12.8. The molecule has 0 spiro atoms. The predicted molar refractivity (Wildman–Crippen MR) is 88.8 cm³/mol. The molecule has 122 valence electrons. The lowest BCUT2D eigenvalue weighted by Gasteiger charge is -2.22. The number of anilines is 2. The second-order valence-corrected chi connectivity index (χ2v) is 5.13. The molecule has 6 nitrogen and oxygen atoms in total. The van der Waals surface area contributed by atoms with Crippen LogP contribution in [0.1, 0.15) is 19.8 Å². The normalized spacial score (nSPS) is 17.1. The summed E-state index contributed by atoms with van der Waals surface area (Å²) in [6.07, 6.45) is 1.92. The lowest BCUT2D eigenvalue weighted by molar-refractivity contribution is -0.120. The van der Waals surface area contributed by atoms with Gasteiger partial charge in [-0.1, -0.05) is 0 Å². The number of carbonyl (C=O) groups excluding carboxylic acids is 2. The molecule has 1 aliphatic heterocycles. The second-order valence-electron chi connectivity index (χ2n) is 5.13. The van der Waals surface area contributed by atoms with E-state index in [-0.39, 0.29) is 30.1 Å². The SMILES string of the molecule is COc1cc(NC(=O)C2CCCNC2)ccc1NC(C)=O.Cl. The van der Waals surface area contributed by atoms with Crippen LogP contribution in [0.5, 0.6) is 5.75 Å². The summed E-state index contributed by atoms with van der Waals surface area (Å²) < 4.78 is 5.24. The van der Waals surface area contributed by atoms with E-state index < -0.39 is 0 Å². The molecule has 1 fully saturated rings. The third kappa shape index (κ3) is 4.89. The second kappa shape index (κ2) is 8.60. The van der Waals surface area contributed by atoms with Crippen LogP contribution < -0.4 is 20.7 Å². The fourth-order valence-electron chi connectivity index (χ4n) is 2.38. The molecule has 1 heterocycles. The zero-order valence-corrected chi connectivity index (χ0v) is 13.6. The van der Waals surface area contributed by atoms with Crippen LogP contribution in [0.3, 0.4) is 0 Å². The largest absolute Gasteiger partial charge is 0.494 e. The minimum absolute atomic E-state index is 0. The first-order valence-electron chi connectivity index (χ1n) is 7.07. The Labute approximate surface area is 136 Å². The molecule has 1 saturated heterocycles. The Bertz CT molecular complexity index is 531. The van der Waals surface area contributed by atoms with Gasteiger partial charge in [-0.05, 0) is 31.5 Å². The van der Waals surface area contributed by atoms with Gasteiger partial charge in [0.25, 0.3) is 0 Å². The lowest BCUT2D eigenvalue weighted by Crippen LogP contribution is -2.37. The molecule has 7 heteroatoms. The minimum Gasteiger partial charge on any atom is -0.494 e. The molecule has 22 heavy (non-hydrogen) atoms. The van der Waals surface area contributed by atoms with Gasteiger partial charge in [-0.15, -0.1) is 12.4 Å². The van der Waals surface area contributed by atoms with Crippen LogP contribution in [-0.4, -0.2) is 32.0 Å². The van der Waals surface area contributed by atoms with E-state index in [0.717, 1.165) is 19.4 Å². The maximum Gasteiger partial charge on any atom is 0.228 e. The quantitative estimate of drug-likeness (QED) is 0.790. The molecule has 2 amide bonds. The highest BCUT2D eigenvalue weighted by atomic mass is 35.5. The summed E-state index contributed by atoms with van der Waals surface area (Å²) in [5, 5.41) is 8.80. The first-order chi connectivity index (χ1) is 10.1. The van der Waals surface area contributed by atoms with Crippen LogP contribution >= 0.6 is 12.4 Å². The molecule has 1 atom stereocenters. The molecule has 0 bridgehead atoms. The highest BCUT2D eigenvalue weighted by Crippen LogP contribution is 2.28. The van der Waals surface area contributed by atoms with Gasteiger partial charge in [0.1, 0.15) is 5.75 Å². The molecule has 0 aliphatic carbocycles. The van der Waals surface area contributed by atoms with Gasteiger partial charge in [-0.3, -0.25) is 9.59 Å². The molecule has 1 aromatic carbocycles. The van der Waals surface area contributed by atoms with Crippen molar-refractivity contribution in [2.24, 2.45) is 5.92 Å².